The van der Waals surface area contributed by atoms with Crippen LogP contribution in [0.2, 0.25) is 0 Å². The van der Waals surface area contributed by atoms with Gasteiger partial charge in [0.05, 0.1) is 0 Å². The summed E-state index contributed by atoms with van der Waals surface area (Å²) in [7, 11) is 0. The molecule has 0 aliphatic carbocycles. The quantitative estimate of drug-likeness (QED) is 0.482. The minimum absolute atomic E-state index is 0.778. The lowest BCUT2D eigenvalue weighted by Crippen LogP contribution is -2.20. The molecule has 3 heteroatoms. The normalized spacial score (nSPS) is 10.5. The van der Waals surface area contributed by atoms with Crippen LogP contribution in [0.25, 0.3) is 11.1 Å². The maximum atomic E-state index is 3.24. The van der Waals surface area contributed by atoms with Crippen LogP contribution in [0, 0.1) is 0 Å². The molecular weight excluding hydrogens is 300 g/mol. The number of benzene rings is 3. The summed E-state index contributed by atoms with van der Waals surface area (Å²) in [6.07, 6.45) is 2.10. The van der Waals surface area contributed by atoms with Crippen LogP contribution in [-0.4, -0.2) is 6.26 Å². The molecule has 0 saturated heterocycles. The van der Waals surface area contributed by atoms with Gasteiger partial charge in [-0.15, -0.1) is 11.8 Å². The Balaban J connectivity index is 1.58. The van der Waals surface area contributed by atoms with Crippen LogP contribution in [0.5, 0.6) is 0 Å². The summed E-state index contributed by atoms with van der Waals surface area (Å²) in [5.74, 6) is 0. The Morgan fingerprint density at radius 3 is 1.96 bits per heavy atom. The van der Waals surface area contributed by atoms with Gasteiger partial charge in [0.2, 0.25) is 0 Å². The molecule has 2 N–H and O–H groups in total. The third-order valence-corrected chi connectivity index (χ3v) is 4.42. The molecule has 2 nitrogen and oxygen atoms in total. The van der Waals surface area contributed by atoms with Gasteiger partial charge in [-0.1, -0.05) is 54.6 Å². The maximum Gasteiger partial charge on any atom is 0.0487 e. The fourth-order valence-corrected chi connectivity index (χ4v) is 2.78. The van der Waals surface area contributed by atoms with Crippen LogP contribution >= 0.6 is 11.8 Å². The summed E-state index contributed by atoms with van der Waals surface area (Å²) in [5, 5.41) is 0. The Labute approximate surface area is 141 Å². The molecule has 0 heterocycles. The van der Waals surface area contributed by atoms with Crippen molar-refractivity contribution in [2.75, 3.05) is 11.7 Å². The molecule has 3 aromatic carbocycles. The number of anilines is 1. The number of hydrogen-bond donors (Lipinski definition) is 2. The molecule has 0 aliphatic rings. The molecule has 0 radical (unpaired) electrons. The topological polar surface area (TPSA) is 24.1 Å². The Bertz CT molecular complexity index is 722. The van der Waals surface area contributed by atoms with E-state index in [0.29, 0.717) is 0 Å². The van der Waals surface area contributed by atoms with E-state index < -0.39 is 0 Å². The SMILES string of the molecule is CSc1ccc(-c2ccc(CNNc3ccccc3)cc2)cc1. The van der Waals surface area contributed by atoms with Gasteiger partial charge in [-0.05, 0) is 47.2 Å². The Kier molecular flexibility index (Phi) is 5.35. The van der Waals surface area contributed by atoms with Crippen molar-refractivity contribution in [3.8, 4) is 11.1 Å². The zero-order valence-electron chi connectivity index (χ0n) is 13.1. The van der Waals surface area contributed by atoms with Crippen LogP contribution < -0.4 is 10.9 Å². The first kappa shape index (κ1) is 15.7. The first-order valence-corrected chi connectivity index (χ1v) is 8.85. The second-order valence-corrected chi connectivity index (χ2v) is 6.15. The van der Waals surface area contributed by atoms with Gasteiger partial charge in [-0.3, -0.25) is 0 Å². The van der Waals surface area contributed by atoms with E-state index in [1.165, 1.54) is 21.6 Å². The molecule has 0 unspecified atom stereocenters. The van der Waals surface area contributed by atoms with E-state index in [2.05, 4.69) is 65.6 Å². The highest BCUT2D eigenvalue weighted by Crippen LogP contribution is 2.23. The van der Waals surface area contributed by atoms with E-state index in [9.17, 15) is 0 Å². The lowest BCUT2D eigenvalue weighted by atomic mass is 10.0. The fraction of sp³-hybridized carbons (Fsp3) is 0.100. The van der Waals surface area contributed by atoms with Crippen molar-refractivity contribution in [3.63, 3.8) is 0 Å². The van der Waals surface area contributed by atoms with Crippen LogP contribution in [0.4, 0.5) is 5.69 Å². The van der Waals surface area contributed by atoms with Gasteiger partial charge in [0.1, 0.15) is 0 Å². The molecule has 23 heavy (non-hydrogen) atoms. The van der Waals surface area contributed by atoms with E-state index in [-0.39, 0.29) is 0 Å². The van der Waals surface area contributed by atoms with E-state index >= 15 is 0 Å². The summed E-state index contributed by atoms with van der Waals surface area (Å²) in [5.41, 5.74) is 11.3. The Hall–Kier alpha value is -2.23. The van der Waals surface area contributed by atoms with E-state index in [4.69, 9.17) is 0 Å². The zero-order chi connectivity index (χ0) is 15.9. The highest BCUT2D eigenvalue weighted by Gasteiger charge is 1.99. The first-order valence-electron chi connectivity index (χ1n) is 7.62. The lowest BCUT2D eigenvalue weighted by Gasteiger charge is -2.09. The smallest absolute Gasteiger partial charge is 0.0487 e. The molecule has 0 atom stereocenters. The second kappa shape index (κ2) is 7.86. The van der Waals surface area contributed by atoms with E-state index in [1.807, 2.05) is 30.3 Å². The second-order valence-electron chi connectivity index (χ2n) is 5.27. The molecule has 0 saturated carbocycles. The molecule has 3 aromatic rings. The van der Waals surface area contributed by atoms with Gasteiger partial charge in [-0.25, -0.2) is 5.43 Å². The van der Waals surface area contributed by atoms with Crippen molar-refractivity contribution >= 4 is 17.4 Å². The van der Waals surface area contributed by atoms with Crippen molar-refractivity contribution in [3.05, 3.63) is 84.4 Å². The Morgan fingerprint density at radius 2 is 1.35 bits per heavy atom. The minimum Gasteiger partial charge on any atom is -0.321 e. The third kappa shape index (κ3) is 4.38. The van der Waals surface area contributed by atoms with Crippen molar-refractivity contribution < 1.29 is 0 Å². The summed E-state index contributed by atoms with van der Waals surface area (Å²) in [4.78, 5) is 1.29. The standard InChI is InChI=1S/C20H20N2S/c1-23-20-13-11-18(12-14-20)17-9-7-16(8-10-17)15-21-22-19-5-3-2-4-6-19/h2-14,21-22H,15H2,1H3. The predicted octanol–water partition coefficient (Wildman–Crippen LogP) is 5.19. The number of thioether (sulfide) groups is 1. The lowest BCUT2D eigenvalue weighted by molar-refractivity contribution is 0.801. The number of hydrogen-bond acceptors (Lipinski definition) is 3. The number of hydrazine groups is 1. The highest BCUT2D eigenvalue weighted by molar-refractivity contribution is 7.98. The molecule has 0 amide bonds. The third-order valence-electron chi connectivity index (χ3n) is 3.68. The van der Waals surface area contributed by atoms with E-state index in [0.717, 1.165) is 12.2 Å². The molecule has 0 fully saturated rings. The number of rotatable bonds is 6. The van der Waals surface area contributed by atoms with Gasteiger partial charge in [0.15, 0.2) is 0 Å². The van der Waals surface area contributed by atoms with Crippen molar-refractivity contribution in [2.45, 2.75) is 11.4 Å². The van der Waals surface area contributed by atoms with E-state index in [1.54, 1.807) is 11.8 Å². The molecule has 3 rings (SSSR count). The molecule has 0 aromatic heterocycles. The summed E-state index contributed by atoms with van der Waals surface area (Å²) >= 11 is 1.77. The zero-order valence-corrected chi connectivity index (χ0v) is 13.9. The largest absolute Gasteiger partial charge is 0.321 e. The minimum atomic E-state index is 0.778. The molecule has 116 valence electrons. The first-order chi connectivity index (χ1) is 11.3. The average molecular weight is 320 g/mol. The molecule has 0 aliphatic heterocycles. The fourth-order valence-electron chi connectivity index (χ4n) is 2.37. The van der Waals surface area contributed by atoms with Gasteiger partial charge >= 0.3 is 0 Å². The summed E-state index contributed by atoms with van der Waals surface area (Å²) in [6.45, 7) is 0.778. The number of para-hydroxylation sites is 1. The van der Waals surface area contributed by atoms with Crippen LogP contribution in [0.15, 0.2) is 83.8 Å². The number of nitrogens with one attached hydrogen (secondary N) is 2. The summed E-state index contributed by atoms with van der Waals surface area (Å²) < 4.78 is 0. The van der Waals surface area contributed by atoms with Crippen LogP contribution in [-0.2, 0) is 6.54 Å². The molecular formula is C20H20N2S. The monoisotopic (exact) mass is 320 g/mol. The van der Waals surface area contributed by atoms with Gasteiger partial charge in [0.25, 0.3) is 0 Å². The molecule has 0 spiro atoms. The van der Waals surface area contributed by atoms with Crippen molar-refractivity contribution in [1.29, 1.82) is 0 Å². The van der Waals surface area contributed by atoms with Gasteiger partial charge < -0.3 is 5.43 Å². The van der Waals surface area contributed by atoms with Gasteiger partial charge in [0, 0.05) is 17.1 Å². The predicted molar refractivity (Wildman–Crippen MR) is 101 cm³/mol. The van der Waals surface area contributed by atoms with Crippen molar-refractivity contribution in [2.24, 2.45) is 0 Å². The summed E-state index contributed by atoms with van der Waals surface area (Å²) in [6, 6.07) is 27.5. The highest BCUT2D eigenvalue weighted by atomic mass is 32.2. The van der Waals surface area contributed by atoms with Crippen LogP contribution in [0.3, 0.4) is 0 Å². The van der Waals surface area contributed by atoms with Crippen LogP contribution in [0.1, 0.15) is 5.56 Å². The Morgan fingerprint density at radius 1 is 0.739 bits per heavy atom. The maximum absolute atomic E-state index is 3.24. The van der Waals surface area contributed by atoms with Gasteiger partial charge in [-0.2, -0.15) is 0 Å². The van der Waals surface area contributed by atoms with Crippen molar-refractivity contribution in [1.82, 2.24) is 5.43 Å². The average Bonchev–Trinajstić information content (AvgIpc) is 2.63. The molecule has 0 bridgehead atoms.